The Morgan fingerprint density at radius 2 is 1.02 bits per heavy atom. The molecule has 0 aliphatic carbocycles. The molecule has 42 heavy (non-hydrogen) atoms. The molecule has 0 fully saturated rings. The van der Waals surface area contributed by atoms with Crippen molar-refractivity contribution in [1.82, 2.24) is 0 Å². The van der Waals surface area contributed by atoms with E-state index in [1.54, 1.807) is 18.2 Å². The molecule has 0 saturated carbocycles. The number of para-hydroxylation sites is 1. The van der Waals surface area contributed by atoms with Crippen molar-refractivity contribution in [2.75, 3.05) is 17.6 Å². The predicted molar refractivity (Wildman–Crippen MR) is 179 cm³/mol. The molecular weight excluding hydrogens is 557 g/mol. The molecule has 0 aliphatic heterocycles. The lowest BCUT2D eigenvalue weighted by molar-refractivity contribution is -0.108. The van der Waals surface area contributed by atoms with Crippen LogP contribution in [-0.2, 0) is 14.8 Å². The van der Waals surface area contributed by atoms with E-state index in [0.717, 1.165) is 21.5 Å². The van der Waals surface area contributed by atoms with Crippen molar-refractivity contribution in [2.45, 2.75) is 0 Å². The number of allylic oxidation sites excluding steroid dienone is 1. The minimum atomic E-state index is -3.63. The van der Waals surface area contributed by atoms with Crippen LogP contribution in [0.15, 0.2) is 152 Å². The number of benzene rings is 5. The fourth-order valence-electron chi connectivity index (χ4n) is 5.21. The maximum Gasteiger partial charge on any atom is 0.232 e. The minimum Gasteiger partial charge on any atom is -0.289 e. The predicted octanol–water partition coefficient (Wildman–Crippen LogP) is 5.88. The van der Waals surface area contributed by atoms with Crippen LogP contribution in [0.4, 0.5) is 5.69 Å². The van der Waals surface area contributed by atoms with Gasteiger partial charge in [-0.25, -0.2) is 8.42 Å². The smallest absolute Gasteiger partial charge is 0.232 e. The van der Waals surface area contributed by atoms with Gasteiger partial charge < -0.3 is 0 Å². The van der Waals surface area contributed by atoms with Gasteiger partial charge in [-0.05, 0) is 40.5 Å². The Bertz CT molecular complexity index is 1770. The minimum absolute atomic E-state index is 0.182. The summed E-state index contributed by atoms with van der Waals surface area (Å²) in [5.74, 6) is -0.182. The van der Waals surface area contributed by atoms with Gasteiger partial charge in [-0.3, -0.25) is 9.10 Å². The topological polar surface area (TPSA) is 54.5 Å². The number of carbonyl (C=O) groups is 1. The van der Waals surface area contributed by atoms with E-state index in [1.165, 1.54) is 17.6 Å². The van der Waals surface area contributed by atoms with Gasteiger partial charge in [0.15, 0.2) is 5.78 Å². The van der Waals surface area contributed by atoms with Gasteiger partial charge >= 0.3 is 0 Å². The summed E-state index contributed by atoms with van der Waals surface area (Å²) in [7, 11) is -2.10. The molecule has 0 aromatic heterocycles. The van der Waals surface area contributed by atoms with Crippen LogP contribution in [0.3, 0.4) is 0 Å². The second kappa shape index (κ2) is 12.6. The summed E-state index contributed by atoms with van der Waals surface area (Å²) in [6.07, 6.45) is 4.61. The third kappa shape index (κ3) is 5.80. The van der Waals surface area contributed by atoms with Gasteiger partial charge in [-0.2, -0.15) is 0 Å². The summed E-state index contributed by atoms with van der Waals surface area (Å²) in [5.41, 5.74) is 1.93. The maximum atomic E-state index is 14.8. The van der Waals surface area contributed by atoms with E-state index in [0.29, 0.717) is 16.5 Å². The maximum absolute atomic E-state index is 14.8. The van der Waals surface area contributed by atoms with Gasteiger partial charge in [0, 0.05) is 17.9 Å². The largest absolute Gasteiger partial charge is 0.289 e. The van der Waals surface area contributed by atoms with Crippen LogP contribution in [0.2, 0.25) is 0 Å². The monoisotopic (exact) mass is 589 g/mol. The van der Waals surface area contributed by atoms with Crippen molar-refractivity contribution in [3.8, 4) is 0 Å². The van der Waals surface area contributed by atoms with Crippen LogP contribution in [-0.4, -0.2) is 32.8 Å². The highest BCUT2D eigenvalue weighted by Crippen LogP contribution is 2.49. The molecular formula is C36H32NO3PS. The molecule has 0 heterocycles. The molecule has 6 heteroatoms. The zero-order chi connectivity index (χ0) is 29.6. The highest BCUT2D eigenvalue weighted by Gasteiger charge is 2.35. The number of sulfonamides is 1. The Morgan fingerprint density at radius 1 is 0.619 bits per heavy atom. The first-order chi connectivity index (χ1) is 20.3. The lowest BCUT2D eigenvalue weighted by Gasteiger charge is -2.33. The van der Waals surface area contributed by atoms with Crippen molar-refractivity contribution in [1.29, 1.82) is 0 Å². The second-order valence-corrected chi connectivity index (χ2v) is 15.2. The van der Waals surface area contributed by atoms with E-state index >= 15 is 0 Å². The zero-order valence-corrected chi connectivity index (χ0v) is 25.2. The lowest BCUT2D eigenvalue weighted by Crippen LogP contribution is -2.35. The Balaban J connectivity index is 2.02. The molecule has 210 valence electrons. The molecule has 5 aromatic rings. The fraction of sp³-hybridized carbons (Fsp3) is 0.0556. The number of hydrogen-bond donors (Lipinski definition) is 0. The normalized spacial score (nSPS) is 11.8. The molecule has 0 atom stereocenters. The van der Waals surface area contributed by atoms with Gasteiger partial charge in [0.1, 0.15) is 0 Å². The lowest BCUT2D eigenvalue weighted by atomic mass is 10.1. The van der Waals surface area contributed by atoms with Crippen LogP contribution in [0.1, 0.15) is 11.1 Å². The molecule has 0 radical (unpaired) electrons. The molecule has 0 saturated heterocycles. The fourth-order valence-corrected chi connectivity index (χ4v) is 10.2. The van der Waals surface area contributed by atoms with Gasteiger partial charge in [0.2, 0.25) is 10.0 Å². The molecule has 4 nitrogen and oxygen atoms in total. The summed E-state index contributed by atoms with van der Waals surface area (Å²) in [5, 5.41) is 3.55. The van der Waals surface area contributed by atoms with Crippen molar-refractivity contribution < 1.29 is 13.2 Å². The Kier molecular flexibility index (Phi) is 8.72. The number of carbonyl (C=O) groups excluding carboxylic acids is 1. The Morgan fingerprint density at radius 3 is 1.48 bits per heavy atom. The van der Waals surface area contributed by atoms with E-state index in [1.807, 2.05) is 103 Å². The quantitative estimate of drug-likeness (QED) is 0.159. The summed E-state index contributed by atoms with van der Waals surface area (Å²) in [6.45, 7) is -2.89. The van der Waals surface area contributed by atoms with Crippen molar-refractivity contribution in [3.63, 3.8) is 0 Å². The van der Waals surface area contributed by atoms with Crippen LogP contribution >= 0.6 is 6.89 Å². The van der Waals surface area contributed by atoms with Crippen molar-refractivity contribution in [2.24, 2.45) is 0 Å². The number of nitrogens with zero attached hydrogens (tertiary/aromatic N) is 1. The average molecular weight is 590 g/mol. The van der Waals surface area contributed by atoms with Gasteiger partial charge in [0.05, 0.1) is 11.9 Å². The Hall–Kier alpha value is -4.44. The van der Waals surface area contributed by atoms with Crippen molar-refractivity contribution >= 4 is 55.7 Å². The molecule has 5 aromatic carbocycles. The molecule has 0 N–H and O–H groups in total. The first kappa shape index (κ1) is 29.1. The highest BCUT2D eigenvalue weighted by molar-refractivity contribution is 7.97. The van der Waals surface area contributed by atoms with E-state index < -0.39 is 16.9 Å². The number of rotatable bonds is 9. The van der Waals surface area contributed by atoms with Crippen LogP contribution in [0.5, 0.6) is 0 Å². The number of ketones is 1. The third-order valence-corrected chi connectivity index (χ3v) is 12.8. The number of anilines is 1. The first-order valence-electron chi connectivity index (χ1n) is 13.6. The van der Waals surface area contributed by atoms with Crippen LogP contribution in [0.25, 0.3) is 6.08 Å². The summed E-state index contributed by atoms with van der Waals surface area (Å²) >= 11 is 0. The second-order valence-electron chi connectivity index (χ2n) is 9.88. The third-order valence-electron chi connectivity index (χ3n) is 7.22. The van der Waals surface area contributed by atoms with E-state index in [9.17, 15) is 13.2 Å². The zero-order valence-electron chi connectivity index (χ0n) is 23.5. The summed E-state index contributed by atoms with van der Waals surface area (Å²) in [4.78, 5) is 14.8. The molecule has 0 unspecified atom stereocenters. The molecule has 5 rings (SSSR count). The van der Waals surface area contributed by atoms with Gasteiger partial charge in [-0.1, -0.05) is 146 Å². The van der Waals surface area contributed by atoms with E-state index in [4.69, 9.17) is 0 Å². The SMILES string of the molecule is CN(c1ccccc1C(C(=O)/C=C/c1ccccc1)=P(c1ccccc1)(c1ccccc1)c1ccccc1)S(C)(=O)=O. The molecule has 0 spiro atoms. The van der Waals surface area contributed by atoms with Crippen LogP contribution in [0, 0.1) is 0 Å². The summed E-state index contributed by atoms with van der Waals surface area (Å²) < 4.78 is 27.0. The first-order valence-corrected chi connectivity index (χ1v) is 17.2. The summed E-state index contributed by atoms with van der Waals surface area (Å²) in [6, 6.07) is 47.3. The standard InChI is InChI=1S/C36H32NO3PS/c1-37(42(2,39)40)34-26-16-15-25-33(34)36(35(38)28-27-29-17-7-3-8-18-29)41(30-19-9-4-10-20-30,31-21-11-5-12-22-31)32-23-13-6-14-24-32/h3-28H,1-2H3/b28-27+. The molecule has 0 amide bonds. The van der Waals surface area contributed by atoms with Gasteiger partial charge in [0.25, 0.3) is 0 Å². The van der Waals surface area contributed by atoms with Gasteiger partial charge in [-0.15, -0.1) is 0 Å². The Labute approximate surface area is 248 Å². The molecule has 0 bridgehead atoms. The van der Waals surface area contributed by atoms with E-state index in [2.05, 4.69) is 36.4 Å². The average Bonchev–Trinajstić information content (AvgIpc) is 3.03. The van der Waals surface area contributed by atoms with Crippen LogP contribution < -0.4 is 20.2 Å². The highest BCUT2D eigenvalue weighted by atomic mass is 32.2. The number of hydrogen-bond acceptors (Lipinski definition) is 3. The molecule has 0 aliphatic rings. The van der Waals surface area contributed by atoms with E-state index in [-0.39, 0.29) is 5.78 Å². The van der Waals surface area contributed by atoms with Crippen molar-refractivity contribution in [3.05, 3.63) is 163 Å².